The van der Waals surface area contributed by atoms with Crippen LogP contribution in [0.1, 0.15) is 10.4 Å². The van der Waals surface area contributed by atoms with Gasteiger partial charge in [0.15, 0.2) is 6.61 Å². The summed E-state index contributed by atoms with van der Waals surface area (Å²) >= 11 is 0. The number of halogens is 3. The van der Waals surface area contributed by atoms with Crippen LogP contribution < -0.4 is 5.48 Å². The molecule has 2 aromatic rings. The van der Waals surface area contributed by atoms with Gasteiger partial charge in [0.05, 0.1) is 0 Å². The van der Waals surface area contributed by atoms with E-state index in [1.165, 1.54) is 18.2 Å². The Morgan fingerprint density at radius 1 is 1.40 bits per heavy atom. The molecule has 1 amide bonds. The smallest absolute Gasteiger partial charge is 0.267 e. The number of carbonyl (C=O) groups excluding carboxylic acids is 1. The van der Waals surface area contributed by atoms with Crippen molar-refractivity contribution in [3.63, 3.8) is 0 Å². The van der Waals surface area contributed by atoms with Crippen LogP contribution >= 0.6 is 0 Å². The molecule has 1 aromatic carbocycles. The van der Waals surface area contributed by atoms with E-state index >= 15 is 0 Å². The number of nitrogens with one attached hydrogen (secondary N) is 2. The highest BCUT2D eigenvalue weighted by molar-refractivity contribution is 5.94. The molecule has 0 saturated carbocycles. The molecule has 106 valence electrons. The fourth-order valence-corrected chi connectivity index (χ4v) is 1.33. The maximum atomic E-state index is 11.9. The minimum Gasteiger partial charge on any atom is -0.267 e. The molecule has 0 atom stereocenters. The van der Waals surface area contributed by atoms with Crippen molar-refractivity contribution in [1.29, 1.82) is 0 Å². The van der Waals surface area contributed by atoms with Crippen molar-refractivity contribution in [1.82, 2.24) is 26.1 Å². The second-order valence-electron chi connectivity index (χ2n) is 3.65. The number of rotatable bonds is 4. The van der Waals surface area contributed by atoms with Crippen molar-refractivity contribution in [2.75, 3.05) is 6.61 Å². The third-order valence-electron chi connectivity index (χ3n) is 2.13. The molecule has 0 spiro atoms. The van der Waals surface area contributed by atoms with Gasteiger partial charge in [0.2, 0.25) is 5.82 Å². The van der Waals surface area contributed by atoms with Gasteiger partial charge in [-0.3, -0.25) is 9.63 Å². The van der Waals surface area contributed by atoms with Gasteiger partial charge in [-0.25, -0.2) is 5.48 Å². The van der Waals surface area contributed by atoms with Crippen molar-refractivity contribution < 1.29 is 22.8 Å². The number of carbonyl (C=O) groups is 1. The van der Waals surface area contributed by atoms with Crippen LogP contribution in [0.25, 0.3) is 11.4 Å². The van der Waals surface area contributed by atoms with Gasteiger partial charge < -0.3 is 0 Å². The molecule has 0 aliphatic rings. The first-order valence-electron chi connectivity index (χ1n) is 5.28. The Hall–Kier alpha value is -2.49. The molecule has 10 heteroatoms. The molecule has 0 radical (unpaired) electrons. The highest BCUT2D eigenvalue weighted by Gasteiger charge is 2.28. The fourth-order valence-electron chi connectivity index (χ4n) is 1.33. The lowest BCUT2D eigenvalue weighted by atomic mass is 10.1. The number of alkyl halides is 3. The van der Waals surface area contributed by atoms with Crippen LogP contribution in [0, 0.1) is 0 Å². The van der Waals surface area contributed by atoms with Crippen molar-refractivity contribution in [3.8, 4) is 11.4 Å². The minimum absolute atomic E-state index is 0.106. The number of benzene rings is 1. The van der Waals surface area contributed by atoms with E-state index in [0.29, 0.717) is 5.56 Å². The first kappa shape index (κ1) is 13.9. The summed E-state index contributed by atoms with van der Waals surface area (Å²) in [5.74, 6) is -0.546. The zero-order valence-electron chi connectivity index (χ0n) is 9.81. The number of aromatic nitrogens is 4. The number of nitrogens with zero attached hydrogens (tertiary/aromatic N) is 3. The summed E-state index contributed by atoms with van der Waals surface area (Å²) in [5, 5.41) is 13.1. The number of H-pyrrole nitrogens is 1. The Balaban J connectivity index is 2.02. The Morgan fingerprint density at radius 2 is 2.20 bits per heavy atom. The van der Waals surface area contributed by atoms with Crippen LogP contribution in [-0.2, 0) is 4.84 Å². The summed E-state index contributed by atoms with van der Waals surface area (Å²) < 4.78 is 35.6. The number of amides is 1. The summed E-state index contributed by atoms with van der Waals surface area (Å²) in [5.41, 5.74) is 2.30. The van der Waals surface area contributed by atoms with Gasteiger partial charge >= 0.3 is 6.18 Å². The van der Waals surface area contributed by atoms with Crippen LogP contribution in [0.2, 0.25) is 0 Å². The summed E-state index contributed by atoms with van der Waals surface area (Å²) in [6.45, 7) is -1.57. The molecule has 0 aliphatic carbocycles. The van der Waals surface area contributed by atoms with Crippen LogP contribution in [0.3, 0.4) is 0 Å². The van der Waals surface area contributed by atoms with Crippen LogP contribution in [0.15, 0.2) is 24.3 Å². The third kappa shape index (κ3) is 3.75. The molecule has 0 aliphatic heterocycles. The van der Waals surface area contributed by atoms with E-state index in [0.717, 1.165) is 0 Å². The third-order valence-corrected chi connectivity index (χ3v) is 2.13. The molecule has 1 aromatic heterocycles. The number of hydrogen-bond donors (Lipinski definition) is 2. The SMILES string of the molecule is O=C(NOCC(F)(F)F)c1cccc(-c2nn[nH]n2)c1. The Labute approximate surface area is 110 Å². The highest BCUT2D eigenvalue weighted by Crippen LogP contribution is 2.16. The van der Waals surface area contributed by atoms with Gasteiger partial charge in [-0.1, -0.05) is 12.1 Å². The standard InChI is InChI=1S/C10H8F3N5O2/c11-10(12,13)5-20-16-9(19)7-3-1-2-6(4-7)8-14-17-18-15-8/h1-4H,5H2,(H,16,19)(H,14,15,17,18). The van der Waals surface area contributed by atoms with Gasteiger partial charge in [0, 0.05) is 11.1 Å². The fraction of sp³-hybridized carbons (Fsp3) is 0.200. The van der Waals surface area contributed by atoms with E-state index in [9.17, 15) is 18.0 Å². The lowest BCUT2D eigenvalue weighted by Crippen LogP contribution is -2.29. The average Bonchev–Trinajstić information content (AvgIpc) is 2.91. The van der Waals surface area contributed by atoms with Gasteiger partial charge in [0.25, 0.3) is 5.91 Å². The van der Waals surface area contributed by atoms with Crippen molar-refractivity contribution in [2.24, 2.45) is 0 Å². The van der Waals surface area contributed by atoms with E-state index in [-0.39, 0.29) is 11.4 Å². The van der Waals surface area contributed by atoms with Crippen molar-refractivity contribution >= 4 is 5.91 Å². The predicted octanol–water partition coefficient (Wildman–Crippen LogP) is 1.09. The second-order valence-corrected chi connectivity index (χ2v) is 3.65. The lowest BCUT2D eigenvalue weighted by Gasteiger charge is -2.08. The number of aromatic amines is 1. The molecule has 0 saturated heterocycles. The van der Waals surface area contributed by atoms with Crippen molar-refractivity contribution in [2.45, 2.75) is 6.18 Å². The van der Waals surface area contributed by atoms with Gasteiger partial charge in [-0.15, -0.1) is 10.2 Å². The zero-order chi connectivity index (χ0) is 14.6. The molecule has 20 heavy (non-hydrogen) atoms. The van der Waals surface area contributed by atoms with Crippen LogP contribution in [0.4, 0.5) is 13.2 Å². The largest absolute Gasteiger partial charge is 0.414 e. The molecule has 0 fully saturated rings. The van der Waals surface area contributed by atoms with Crippen molar-refractivity contribution in [3.05, 3.63) is 29.8 Å². The van der Waals surface area contributed by atoms with E-state index in [1.54, 1.807) is 11.5 Å². The number of tetrazole rings is 1. The maximum Gasteiger partial charge on any atom is 0.414 e. The quantitative estimate of drug-likeness (QED) is 0.821. The molecule has 0 unspecified atom stereocenters. The van der Waals surface area contributed by atoms with Gasteiger partial charge in [-0.05, 0) is 17.3 Å². The van der Waals surface area contributed by atoms with E-state index < -0.39 is 18.7 Å². The maximum absolute atomic E-state index is 11.9. The second kappa shape index (κ2) is 5.65. The summed E-state index contributed by atoms with van der Waals surface area (Å²) in [7, 11) is 0. The molecule has 7 nitrogen and oxygen atoms in total. The highest BCUT2D eigenvalue weighted by atomic mass is 19.4. The Bertz CT molecular complexity index is 585. The summed E-state index contributed by atoms with van der Waals surface area (Å²) in [6.07, 6.45) is -4.51. The molecule has 1 heterocycles. The molecular formula is C10H8F3N5O2. The summed E-state index contributed by atoms with van der Waals surface area (Å²) in [4.78, 5) is 15.7. The monoisotopic (exact) mass is 287 g/mol. The predicted molar refractivity (Wildman–Crippen MR) is 59.1 cm³/mol. The van der Waals surface area contributed by atoms with Gasteiger partial charge in [-0.2, -0.15) is 18.4 Å². The van der Waals surface area contributed by atoms with E-state index in [2.05, 4.69) is 25.5 Å². The van der Waals surface area contributed by atoms with E-state index in [4.69, 9.17) is 0 Å². The first-order chi connectivity index (χ1) is 9.46. The molecule has 2 rings (SSSR count). The van der Waals surface area contributed by atoms with E-state index in [1.807, 2.05) is 0 Å². The Kier molecular flexibility index (Phi) is 3.94. The van der Waals surface area contributed by atoms with Crippen LogP contribution in [-0.4, -0.2) is 39.3 Å². The number of hydrogen-bond acceptors (Lipinski definition) is 5. The molecule has 0 bridgehead atoms. The topological polar surface area (TPSA) is 92.8 Å². The molecular weight excluding hydrogens is 279 g/mol. The van der Waals surface area contributed by atoms with Crippen LogP contribution in [0.5, 0.6) is 0 Å². The zero-order valence-corrected chi connectivity index (χ0v) is 9.81. The molecule has 2 N–H and O–H groups in total. The Morgan fingerprint density at radius 3 is 2.85 bits per heavy atom. The van der Waals surface area contributed by atoms with Gasteiger partial charge in [0.1, 0.15) is 0 Å². The average molecular weight is 287 g/mol. The minimum atomic E-state index is -4.51. The lowest BCUT2D eigenvalue weighted by molar-refractivity contribution is -0.184. The number of hydroxylamine groups is 1. The first-order valence-corrected chi connectivity index (χ1v) is 5.28. The summed E-state index contributed by atoms with van der Waals surface area (Å²) in [6, 6.07) is 5.97. The normalized spacial score (nSPS) is 11.3.